The first-order valence-corrected chi connectivity index (χ1v) is 15.1. The third-order valence-corrected chi connectivity index (χ3v) is 9.60. The number of nitrogens with one attached hydrogen (secondary N) is 2. The lowest BCUT2D eigenvalue weighted by molar-refractivity contribution is -0.146. The van der Waals surface area contributed by atoms with Crippen molar-refractivity contribution in [2.75, 3.05) is 26.8 Å². The molecule has 14 heteroatoms. The summed E-state index contributed by atoms with van der Waals surface area (Å²) in [5.41, 5.74) is 3.76. The summed E-state index contributed by atoms with van der Waals surface area (Å²) in [6, 6.07) is -1.25. The predicted octanol–water partition coefficient (Wildman–Crippen LogP) is 0.308. The Kier molecular flexibility index (Phi) is 9.17. The van der Waals surface area contributed by atoms with Crippen LogP contribution in [0.4, 0.5) is 4.79 Å². The van der Waals surface area contributed by atoms with Crippen LogP contribution in [0.1, 0.15) is 64.2 Å². The van der Waals surface area contributed by atoms with Gasteiger partial charge in [-0.05, 0) is 57.8 Å². The molecule has 0 spiro atoms. The molecular weight excluding hydrogens is 530 g/mol. The molecule has 0 radical (unpaired) electrons. The minimum Gasteiger partial charge on any atom is -0.436 e. The van der Waals surface area contributed by atoms with Crippen molar-refractivity contribution >= 4 is 34.0 Å². The number of hydrogen-bond acceptors (Lipinski definition) is 8. The summed E-state index contributed by atoms with van der Waals surface area (Å²) in [5, 5.41) is 2.80. The van der Waals surface area contributed by atoms with Crippen LogP contribution >= 0.6 is 0 Å². The fraction of sp³-hybridized carbons (Fsp3) is 0.760. The number of amides is 4. The van der Waals surface area contributed by atoms with Gasteiger partial charge in [-0.25, -0.2) is 9.52 Å². The Hall–Kier alpha value is -2.71. The van der Waals surface area contributed by atoms with E-state index in [2.05, 4.69) is 10.0 Å². The Morgan fingerprint density at radius 3 is 2.64 bits per heavy atom. The lowest BCUT2D eigenvalue weighted by atomic mass is 10.1. The molecule has 1 saturated carbocycles. The number of primary amides is 1. The molecule has 3 heterocycles. The molecule has 218 valence electrons. The molecule has 4 aliphatic rings. The number of nitrogens with two attached hydrogens (primary N) is 1. The highest BCUT2D eigenvalue weighted by atomic mass is 32.2. The van der Waals surface area contributed by atoms with Gasteiger partial charge in [-0.1, -0.05) is 18.6 Å². The zero-order chi connectivity index (χ0) is 28.2. The van der Waals surface area contributed by atoms with Crippen LogP contribution in [0.3, 0.4) is 0 Å². The lowest BCUT2D eigenvalue weighted by Gasteiger charge is -2.30. The van der Waals surface area contributed by atoms with Gasteiger partial charge < -0.3 is 25.4 Å². The predicted molar refractivity (Wildman–Crippen MR) is 139 cm³/mol. The van der Waals surface area contributed by atoms with Crippen LogP contribution in [-0.2, 0) is 34.1 Å². The molecule has 4 rings (SSSR count). The van der Waals surface area contributed by atoms with Gasteiger partial charge in [0.05, 0.1) is 6.61 Å². The molecule has 2 saturated heterocycles. The van der Waals surface area contributed by atoms with Crippen LogP contribution in [0.5, 0.6) is 0 Å². The second-order valence-electron chi connectivity index (χ2n) is 10.8. The van der Waals surface area contributed by atoms with Crippen LogP contribution in [-0.4, -0.2) is 92.0 Å². The first-order valence-electron chi connectivity index (χ1n) is 13.7. The first kappa shape index (κ1) is 29.3. The minimum absolute atomic E-state index is 0.217. The van der Waals surface area contributed by atoms with E-state index in [1.165, 1.54) is 16.3 Å². The van der Waals surface area contributed by atoms with E-state index in [-0.39, 0.29) is 31.5 Å². The molecule has 0 aromatic heterocycles. The Balaban J connectivity index is 1.55. The highest BCUT2D eigenvalue weighted by molar-refractivity contribution is 7.87. The Labute approximate surface area is 229 Å². The number of carbonyl (C=O) groups excluding carboxylic acids is 4. The van der Waals surface area contributed by atoms with E-state index >= 15 is 0 Å². The quantitative estimate of drug-likeness (QED) is 0.383. The number of carbonyl (C=O) groups is 4. The SMILES string of the molecule is COC[C@@H]1CCCN1S(=O)(=O)NC(=O)C12CC1/C=C/CCCCCC(OC(N)=O)C(=O)N1CCCC1C(=O)N2. The van der Waals surface area contributed by atoms with Crippen molar-refractivity contribution in [3.63, 3.8) is 0 Å². The average molecular weight is 570 g/mol. The molecule has 0 aromatic carbocycles. The van der Waals surface area contributed by atoms with Gasteiger partial charge in [0.1, 0.15) is 11.6 Å². The van der Waals surface area contributed by atoms with E-state index in [0.717, 1.165) is 12.8 Å². The molecule has 5 atom stereocenters. The smallest absolute Gasteiger partial charge is 0.405 e. The van der Waals surface area contributed by atoms with E-state index in [0.29, 0.717) is 51.5 Å². The van der Waals surface area contributed by atoms with Crippen LogP contribution in [0.15, 0.2) is 12.2 Å². The average Bonchev–Trinajstić information content (AvgIpc) is 3.21. The zero-order valence-corrected chi connectivity index (χ0v) is 23.1. The number of fused-ring (bicyclic) bond motifs is 2. The van der Waals surface area contributed by atoms with Gasteiger partial charge in [0.25, 0.3) is 11.8 Å². The maximum absolute atomic E-state index is 13.5. The van der Waals surface area contributed by atoms with Gasteiger partial charge in [-0.3, -0.25) is 14.4 Å². The monoisotopic (exact) mass is 569 g/mol. The third kappa shape index (κ3) is 6.55. The third-order valence-electron chi connectivity index (χ3n) is 8.06. The molecule has 3 aliphatic heterocycles. The number of ether oxygens (including phenoxy) is 2. The van der Waals surface area contributed by atoms with Crippen LogP contribution in [0, 0.1) is 5.92 Å². The fourth-order valence-corrected chi connectivity index (χ4v) is 7.39. The Bertz CT molecular complexity index is 1100. The zero-order valence-electron chi connectivity index (χ0n) is 22.3. The molecule has 3 fully saturated rings. The van der Waals surface area contributed by atoms with Crippen molar-refractivity contribution in [1.29, 1.82) is 0 Å². The van der Waals surface area contributed by atoms with E-state index in [1.807, 2.05) is 12.2 Å². The van der Waals surface area contributed by atoms with Crippen molar-refractivity contribution in [3.05, 3.63) is 12.2 Å². The maximum atomic E-state index is 13.5. The highest BCUT2D eigenvalue weighted by Crippen LogP contribution is 2.45. The summed E-state index contributed by atoms with van der Waals surface area (Å²) in [6.45, 7) is 0.781. The number of rotatable bonds is 6. The molecule has 0 bridgehead atoms. The number of hydrogen-bond donors (Lipinski definition) is 3. The van der Waals surface area contributed by atoms with Crippen molar-refractivity contribution in [3.8, 4) is 0 Å². The summed E-state index contributed by atoms with van der Waals surface area (Å²) in [5.74, 6) is -2.23. The summed E-state index contributed by atoms with van der Waals surface area (Å²) in [6.07, 6.45) is 7.31. The van der Waals surface area contributed by atoms with Crippen LogP contribution in [0.2, 0.25) is 0 Å². The molecular formula is C25H39N5O8S. The van der Waals surface area contributed by atoms with E-state index in [1.54, 1.807) is 0 Å². The second-order valence-corrected chi connectivity index (χ2v) is 12.4. The Morgan fingerprint density at radius 1 is 1.13 bits per heavy atom. The molecule has 4 amide bonds. The highest BCUT2D eigenvalue weighted by Gasteiger charge is 2.61. The van der Waals surface area contributed by atoms with Gasteiger partial charge in [0.2, 0.25) is 5.91 Å². The summed E-state index contributed by atoms with van der Waals surface area (Å²) < 4.78 is 40.0. The van der Waals surface area contributed by atoms with Crippen molar-refractivity contribution < 1.29 is 37.1 Å². The molecule has 13 nitrogen and oxygen atoms in total. The topological polar surface area (TPSA) is 177 Å². The first-order chi connectivity index (χ1) is 18.6. The Morgan fingerprint density at radius 2 is 1.90 bits per heavy atom. The fourth-order valence-electron chi connectivity index (χ4n) is 5.93. The van der Waals surface area contributed by atoms with Crippen molar-refractivity contribution in [2.45, 2.75) is 87.9 Å². The van der Waals surface area contributed by atoms with Gasteiger partial charge >= 0.3 is 16.3 Å². The molecule has 39 heavy (non-hydrogen) atoms. The maximum Gasteiger partial charge on any atom is 0.405 e. The number of allylic oxidation sites excluding steroid dienone is 1. The second kappa shape index (κ2) is 12.2. The normalized spacial score (nSPS) is 33.2. The van der Waals surface area contributed by atoms with Gasteiger partial charge in [-0.15, -0.1) is 0 Å². The van der Waals surface area contributed by atoms with Crippen LogP contribution in [0.25, 0.3) is 0 Å². The molecule has 0 aromatic rings. The lowest BCUT2D eigenvalue weighted by Crippen LogP contribution is -2.58. The molecule has 1 aliphatic carbocycles. The van der Waals surface area contributed by atoms with Crippen LogP contribution < -0.4 is 15.8 Å². The minimum atomic E-state index is -4.17. The van der Waals surface area contributed by atoms with Crippen molar-refractivity contribution in [2.24, 2.45) is 11.7 Å². The van der Waals surface area contributed by atoms with Gasteiger partial charge in [0, 0.05) is 32.2 Å². The van der Waals surface area contributed by atoms with Gasteiger partial charge in [-0.2, -0.15) is 12.7 Å². The standard InChI is InChI=1S/C25H39N5O8S/c1-37-16-18-10-7-14-30(18)39(35,36)28-23(33)25-15-17(25)9-5-3-2-4-6-12-20(38-24(26)34)22(32)29-13-8-11-19(29)21(31)27-25/h5,9,17-20H,2-4,6-8,10-16H2,1H3,(H2,26,34)(H,27,31)(H,28,33)/b9-5+/t17?,18-,19?,20?,25?/m0/s1. The molecule has 4 N–H and O–H groups in total. The van der Waals surface area contributed by atoms with Gasteiger partial charge in [0.15, 0.2) is 6.10 Å². The summed E-state index contributed by atoms with van der Waals surface area (Å²) in [7, 11) is -2.67. The van der Waals surface area contributed by atoms with Crippen molar-refractivity contribution in [1.82, 2.24) is 19.2 Å². The van der Waals surface area contributed by atoms with E-state index in [4.69, 9.17) is 15.2 Å². The summed E-state index contributed by atoms with van der Waals surface area (Å²) in [4.78, 5) is 53.1. The van der Waals surface area contributed by atoms with E-state index in [9.17, 15) is 27.6 Å². The number of nitrogens with zero attached hydrogens (tertiary/aromatic N) is 2. The summed E-state index contributed by atoms with van der Waals surface area (Å²) >= 11 is 0. The largest absolute Gasteiger partial charge is 0.436 e. The molecule has 4 unspecified atom stereocenters. The van der Waals surface area contributed by atoms with E-state index < -0.39 is 51.7 Å². The number of methoxy groups -OCH3 is 1.